The third-order valence-corrected chi connectivity index (χ3v) is 3.41. The Bertz CT molecular complexity index is 382. The molecule has 0 spiro atoms. The number of alkyl carbamates (subject to hydrolysis) is 1. The second kappa shape index (κ2) is 5.90. The quantitative estimate of drug-likeness (QED) is 0.751. The lowest BCUT2D eigenvalue weighted by molar-refractivity contribution is 0.150. The SMILES string of the molecule is CCCCc1n[nH]c(SCC2CNC(=O)O2)n1. The van der Waals surface area contributed by atoms with Gasteiger partial charge in [0.25, 0.3) is 0 Å². The maximum atomic E-state index is 10.8. The van der Waals surface area contributed by atoms with Crippen molar-refractivity contribution in [1.29, 1.82) is 0 Å². The zero-order valence-electron chi connectivity index (χ0n) is 9.73. The number of carbonyl (C=O) groups is 1. The Labute approximate surface area is 104 Å². The molecule has 2 N–H and O–H groups in total. The molecular weight excluding hydrogens is 240 g/mol. The molecule has 2 rings (SSSR count). The van der Waals surface area contributed by atoms with Crippen LogP contribution in [0.15, 0.2) is 5.16 Å². The van der Waals surface area contributed by atoms with Crippen molar-refractivity contribution < 1.29 is 9.53 Å². The number of carbonyl (C=O) groups excluding carboxylic acids is 1. The molecule has 7 heteroatoms. The van der Waals surface area contributed by atoms with Crippen LogP contribution in [-0.4, -0.2) is 39.7 Å². The van der Waals surface area contributed by atoms with Crippen LogP contribution in [0, 0.1) is 0 Å². The zero-order chi connectivity index (χ0) is 12.1. The normalized spacial score (nSPS) is 19.1. The highest BCUT2D eigenvalue weighted by atomic mass is 32.2. The Morgan fingerprint density at radius 3 is 3.18 bits per heavy atom. The molecule has 17 heavy (non-hydrogen) atoms. The van der Waals surface area contributed by atoms with E-state index >= 15 is 0 Å². The maximum absolute atomic E-state index is 10.8. The van der Waals surface area contributed by atoms with Gasteiger partial charge in [-0.05, 0) is 6.42 Å². The van der Waals surface area contributed by atoms with Crippen molar-refractivity contribution in [3.63, 3.8) is 0 Å². The van der Waals surface area contributed by atoms with E-state index in [1.54, 1.807) is 0 Å². The number of thioether (sulfide) groups is 1. The number of hydrogen-bond donors (Lipinski definition) is 2. The second-order valence-corrected chi connectivity index (χ2v) is 4.89. The Hall–Kier alpha value is -1.24. The van der Waals surface area contributed by atoms with Crippen molar-refractivity contribution >= 4 is 17.9 Å². The van der Waals surface area contributed by atoms with Gasteiger partial charge in [0.05, 0.1) is 6.54 Å². The molecule has 1 aliphatic rings. The molecule has 1 unspecified atom stereocenters. The maximum Gasteiger partial charge on any atom is 0.407 e. The van der Waals surface area contributed by atoms with Gasteiger partial charge >= 0.3 is 6.09 Å². The molecule has 0 radical (unpaired) electrons. The number of aromatic amines is 1. The molecule has 94 valence electrons. The number of cyclic esters (lactones) is 1. The van der Waals surface area contributed by atoms with Gasteiger partial charge in [-0.25, -0.2) is 9.78 Å². The third-order valence-electron chi connectivity index (χ3n) is 2.42. The van der Waals surface area contributed by atoms with Crippen LogP contribution in [0.4, 0.5) is 4.79 Å². The summed E-state index contributed by atoms with van der Waals surface area (Å²) in [6.07, 6.45) is 2.74. The van der Waals surface area contributed by atoms with Crippen LogP contribution < -0.4 is 5.32 Å². The molecule has 0 saturated carbocycles. The van der Waals surface area contributed by atoms with E-state index in [-0.39, 0.29) is 12.2 Å². The summed E-state index contributed by atoms with van der Waals surface area (Å²) in [5.41, 5.74) is 0. The van der Waals surface area contributed by atoms with E-state index in [1.165, 1.54) is 11.8 Å². The lowest BCUT2D eigenvalue weighted by Gasteiger charge is -2.04. The van der Waals surface area contributed by atoms with E-state index in [0.29, 0.717) is 12.3 Å². The van der Waals surface area contributed by atoms with Gasteiger partial charge in [-0.2, -0.15) is 5.10 Å². The van der Waals surface area contributed by atoms with Crippen LogP contribution in [-0.2, 0) is 11.2 Å². The van der Waals surface area contributed by atoms with E-state index in [4.69, 9.17) is 4.74 Å². The number of amides is 1. The third kappa shape index (κ3) is 3.62. The monoisotopic (exact) mass is 256 g/mol. The summed E-state index contributed by atoms with van der Waals surface area (Å²) in [4.78, 5) is 15.2. The fraction of sp³-hybridized carbons (Fsp3) is 0.700. The van der Waals surface area contributed by atoms with Crippen LogP contribution in [0.3, 0.4) is 0 Å². The molecule has 0 bridgehead atoms. The van der Waals surface area contributed by atoms with Gasteiger partial charge in [0, 0.05) is 12.2 Å². The molecule has 1 saturated heterocycles. The highest BCUT2D eigenvalue weighted by Gasteiger charge is 2.22. The van der Waals surface area contributed by atoms with Crippen molar-refractivity contribution in [1.82, 2.24) is 20.5 Å². The van der Waals surface area contributed by atoms with Crippen molar-refractivity contribution in [2.24, 2.45) is 0 Å². The summed E-state index contributed by atoms with van der Waals surface area (Å²) in [5.74, 6) is 1.55. The standard InChI is InChI=1S/C10H16N4O2S/c1-2-3-4-8-12-9(14-13-8)17-6-7-5-11-10(15)16-7/h7H,2-6H2,1H3,(H,11,15)(H,12,13,14). The highest BCUT2D eigenvalue weighted by molar-refractivity contribution is 7.99. The molecule has 6 nitrogen and oxygen atoms in total. The van der Waals surface area contributed by atoms with Crippen LogP contribution in [0.2, 0.25) is 0 Å². The molecular formula is C10H16N4O2S. The average Bonchev–Trinajstić information content (AvgIpc) is 2.93. The molecule has 0 aromatic carbocycles. The number of H-pyrrole nitrogens is 1. The van der Waals surface area contributed by atoms with Gasteiger partial charge in [-0.3, -0.25) is 5.10 Å². The number of nitrogens with zero attached hydrogens (tertiary/aromatic N) is 2. The first-order valence-corrected chi connectivity index (χ1v) is 6.75. The lowest BCUT2D eigenvalue weighted by atomic mass is 10.2. The predicted octanol–water partition coefficient (Wildman–Crippen LogP) is 1.35. The number of aryl methyl sites for hydroxylation is 1. The van der Waals surface area contributed by atoms with Gasteiger partial charge < -0.3 is 10.1 Å². The highest BCUT2D eigenvalue weighted by Crippen LogP contribution is 2.16. The van der Waals surface area contributed by atoms with Gasteiger partial charge in [0.1, 0.15) is 6.10 Å². The number of ether oxygens (including phenoxy) is 1. The molecule has 1 aliphatic heterocycles. The number of hydrogen-bond acceptors (Lipinski definition) is 5. The fourth-order valence-electron chi connectivity index (χ4n) is 1.49. The second-order valence-electron chi connectivity index (χ2n) is 3.88. The van der Waals surface area contributed by atoms with Crippen molar-refractivity contribution in [2.45, 2.75) is 37.4 Å². The number of nitrogens with one attached hydrogen (secondary N) is 2. The topological polar surface area (TPSA) is 79.9 Å². The Kier molecular flexibility index (Phi) is 4.24. The smallest absolute Gasteiger partial charge is 0.407 e. The van der Waals surface area contributed by atoms with E-state index < -0.39 is 0 Å². The van der Waals surface area contributed by atoms with Crippen molar-refractivity contribution in [2.75, 3.05) is 12.3 Å². The largest absolute Gasteiger partial charge is 0.443 e. The lowest BCUT2D eigenvalue weighted by Crippen LogP contribution is -2.16. The summed E-state index contributed by atoms with van der Waals surface area (Å²) < 4.78 is 5.02. The summed E-state index contributed by atoms with van der Waals surface area (Å²) in [5, 5.41) is 10.4. The van der Waals surface area contributed by atoms with Crippen molar-refractivity contribution in [3.05, 3.63) is 5.82 Å². The average molecular weight is 256 g/mol. The van der Waals surface area contributed by atoms with Crippen molar-refractivity contribution in [3.8, 4) is 0 Å². The Morgan fingerprint density at radius 1 is 1.59 bits per heavy atom. The Morgan fingerprint density at radius 2 is 2.47 bits per heavy atom. The fourth-order valence-corrected chi connectivity index (χ4v) is 2.30. The van der Waals surface area contributed by atoms with Crippen LogP contribution in [0.5, 0.6) is 0 Å². The summed E-state index contributed by atoms with van der Waals surface area (Å²) in [6.45, 7) is 2.71. The van der Waals surface area contributed by atoms with Gasteiger partial charge in [0.2, 0.25) is 0 Å². The molecule has 0 aliphatic carbocycles. The van der Waals surface area contributed by atoms with E-state index in [0.717, 1.165) is 30.2 Å². The minimum Gasteiger partial charge on any atom is -0.443 e. The molecule has 1 aromatic heterocycles. The molecule has 2 heterocycles. The van der Waals surface area contributed by atoms with E-state index in [1.807, 2.05) is 0 Å². The first-order valence-electron chi connectivity index (χ1n) is 5.76. The van der Waals surface area contributed by atoms with E-state index in [2.05, 4.69) is 27.4 Å². The first-order chi connectivity index (χ1) is 8.28. The minimum atomic E-state index is -0.336. The molecule has 1 amide bonds. The summed E-state index contributed by atoms with van der Waals surface area (Å²) >= 11 is 1.53. The Balaban J connectivity index is 1.75. The number of unbranched alkanes of at least 4 members (excludes halogenated alkanes) is 1. The number of rotatable bonds is 6. The minimum absolute atomic E-state index is 0.0725. The van der Waals surface area contributed by atoms with Crippen LogP contribution >= 0.6 is 11.8 Å². The zero-order valence-corrected chi connectivity index (χ0v) is 10.5. The van der Waals surface area contributed by atoms with Gasteiger partial charge in [-0.15, -0.1) is 0 Å². The van der Waals surface area contributed by atoms with Crippen LogP contribution in [0.25, 0.3) is 0 Å². The first kappa shape index (κ1) is 12.2. The predicted molar refractivity (Wildman–Crippen MR) is 64.0 cm³/mol. The van der Waals surface area contributed by atoms with Crippen LogP contribution in [0.1, 0.15) is 25.6 Å². The van der Waals surface area contributed by atoms with E-state index in [9.17, 15) is 4.79 Å². The summed E-state index contributed by atoms with van der Waals surface area (Å²) in [7, 11) is 0. The van der Waals surface area contributed by atoms with Gasteiger partial charge in [0.15, 0.2) is 11.0 Å². The number of aromatic nitrogens is 3. The molecule has 1 fully saturated rings. The molecule has 1 aromatic rings. The summed E-state index contributed by atoms with van der Waals surface area (Å²) in [6, 6.07) is 0. The molecule has 1 atom stereocenters. The van der Waals surface area contributed by atoms with Gasteiger partial charge in [-0.1, -0.05) is 25.1 Å².